The second kappa shape index (κ2) is 7.41. The minimum atomic E-state index is -1.03. The molecular formula is C18H13ClN2O3S2. The number of hydrogen-bond acceptors (Lipinski definition) is 4. The second-order valence-corrected chi connectivity index (χ2v) is 7.27. The second-order valence-electron chi connectivity index (χ2n) is 5.43. The number of rotatable bonds is 3. The summed E-state index contributed by atoms with van der Waals surface area (Å²) < 4.78 is 0.909. The van der Waals surface area contributed by atoms with Crippen LogP contribution < -0.4 is 10.6 Å². The Balaban J connectivity index is 1.78. The molecule has 3 rings (SSSR count). The summed E-state index contributed by atoms with van der Waals surface area (Å²) >= 11 is 12.8. The van der Waals surface area contributed by atoms with Crippen molar-refractivity contribution in [2.24, 2.45) is 0 Å². The number of carboxylic acids is 1. The minimum absolute atomic E-state index is 0.0640. The maximum Gasteiger partial charge on any atom is 0.336 e. The number of anilines is 1. The maximum atomic E-state index is 12.5. The van der Waals surface area contributed by atoms with Crippen molar-refractivity contribution in [3.63, 3.8) is 0 Å². The predicted octanol–water partition coefficient (Wildman–Crippen LogP) is 4.69. The maximum absolute atomic E-state index is 12.5. The largest absolute Gasteiger partial charge is 0.478 e. The standard InChI is InChI=1S/C18H13ClN2O3S2/c1-9-10(17(23)24)6-4-7-12(9)20-18(25)21-16(22)15-14(19)11-5-2-3-8-13(11)26-15/h2-8H,1H3,(H,23,24)(H2,20,21,22,25). The van der Waals surface area contributed by atoms with Gasteiger partial charge in [0, 0.05) is 15.8 Å². The Morgan fingerprint density at radius 2 is 1.88 bits per heavy atom. The Morgan fingerprint density at radius 3 is 2.58 bits per heavy atom. The van der Waals surface area contributed by atoms with Gasteiger partial charge in [0.15, 0.2) is 5.11 Å². The third kappa shape index (κ3) is 3.55. The van der Waals surface area contributed by atoms with E-state index in [4.69, 9.17) is 23.8 Å². The molecule has 0 atom stereocenters. The van der Waals surface area contributed by atoms with Crippen molar-refractivity contribution in [1.82, 2.24) is 5.32 Å². The molecule has 0 saturated heterocycles. The smallest absolute Gasteiger partial charge is 0.336 e. The Morgan fingerprint density at radius 1 is 1.15 bits per heavy atom. The summed E-state index contributed by atoms with van der Waals surface area (Å²) in [5.74, 6) is -1.45. The van der Waals surface area contributed by atoms with Crippen molar-refractivity contribution in [3.8, 4) is 0 Å². The zero-order chi connectivity index (χ0) is 18.8. The number of thiophene rings is 1. The Bertz CT molecular complexity index is 1050. The molecule has 1 aromatic heterocycles. The molecule has 0 aliphatic carbocycles. The van der Waals surface area contributed by atoms with Crippen molar-refractivity contribution in [2.45, 2.75) is 6.92 Å². The highest BCUT2D eigenvalue weighted by Crippen LogP contribution is 2.35. The number of thiocarbonyl (C=S) groups is 1. The average Bonchev–Trinajstić information content (AvgIpc) is 2.94. The van der Waals surface area contributed by atoms with Crippen LogP contribution >= 0.6 is 35.2 Å². The first kappa shape index (κ1) is 18.3. The molecule has 1 amide bonds. The fourth-order valence-corrected chi connectivity index (χ4v) is 4.09. The minimum Gasteiger partial charge on any atom is -0.478 e. The first-order valence-electron chi connectivity index (χ1n) is 7.50. The van der Waals surface area contributed by atoms with Crippen molar-refractivity contribution < 1.29 is 14.7 Å². The van der Waals surface area contributed by atoms with Crippen LogP contribution in [-0.4, -0.2) is 22.1 Å². The third-order valence-electron chi connectivity index (χ3n) is 3.78. The molecule has 1 heterocycles. The summed E-state index contributed by atoms with van der Waals surface area (Å²) in [4.78, 5) is 24.1. The lowest BCUT2D eigenvalue weighted by Gasteiger charge is -2.12. The molecule has 0 spiro atoms. The summed E-state index contributed by atoms with van der Waals surface area (Å²) in [7, 11) is 0. The van der Waals surface area contributed by atoms with Crippen molar-refractivity contribution in [2.75, 3.05) is 5.32 Å². The highest BCUT2D eigenvalue weighted by molar-refractivity contribution is 7.80. The summed E-state index contributed by atoms with van der Waals surface area (Å²) in [6.45, 7) is 1.67. The van der Waals surface area contributed by atoms with Gasteiger partial charge in [-0.1, -0.05) is 35.9 Å². The van der Waals surface area contributed by atoms with Gasteiger partial charge in [0.1, 0.15) is 4.88 Å². The summed E-state index contributed by atoms with van der Waals surface area (Å²) in [6.07, 6.45) is 0. The molecule has 0 unspecified atom stereocenters. The fraction of sp³-hybridized carbons (Fsp3) is 0.0556. The van der Waals surface area contributed by atoms with Crippen LogP contribution in [0, 0.1) is 6.92 Å². The molecule has 0 fully saturated rings. The van der Waals surface area contributed by atoms with Crippen LogP contribution in [0.5, 0.6) is 0 Å². The van der Waals surface area contributed by atoms with Gasteiger partial charge in [-0.15, -0.1) is 11.3 Å². The van der Waals surface area contributed by atoms with E-state index in [0.29, 0.717) is 21.2 Å². The van der Waals surface area contributed by atoms with Crippen LogP contribution in [-0.2, 0) is 0 Å². The lowest BCUT2D eigenvalue weighted by Crippen LogP contribution is -2.34. The molecule has 3 N–H and O–H groups in total. The molecule has 2 aromatic carbocycles. The van der Waals surface area contributed by atoms with E-state index in [2.05, 4.69) is 10.6 Å². The van der Waals surface area contributed by atoms with Crippen LogP contribution in [0.4, 0.5) is 5.69 Å². The summed E-state index contributed by atoms with van der Waals surface area (Å²) in [6, 6.07) is 12.3. The predicted molar refractivity (Wildman–Crippen MR) is 109 cm³/mol. The molecule has 8 heteroatoms. The Labute approximate surface area is 163 Å². The average molecular weight is 405 g/mol. The SMILES string of the molecule is Cc1c(NC(=S)NC(=O)c2sc3ccccc3c2Cl)cccc1C(=O)O. The van der Waals surface area contributed by atoms with E-state index >= 15 is 0 Å². The highest BCUT2D eigenvalue weighted by atomic mass is 35.5. The third-order valence-corrected chi connectivity index (χ3v) is 5.66. The van der Waals surface area contributed by atoms with Crippen molar-refractivity contribution >= 4 is 67.9 Å². The van der Waals surface area contributed by atoms with Crippen molar-refractivity contribution in [3.05, 3.63) is 63.5 Å². The van der Waals surface area contributed by atoms with E-state index in [1.54, 1.807) is 19.1 Å². The van der Waals surface area contributed by atoms with Crippen LogP contribution in [0.1, 0.15) is 25.6 Å². The number of amides is 1. The zero-order valence-electron chi connectivity index (χ0n) is 13.5. The van der Waals surface area contributed by atoms with E-state index in [1.807, 2.05) is 24.3 Å². The van der Waals surface area contributed by atoms with Crippen LogP contribution in [0.25, 0.3) is 10.1 Å². The number of benzene rings is 2. The van der Waals surface area contributed by atoms with E-state index in [-0.39, 0.29) is 10.7 Å². The van der Waals surface area contributed by atoms with E-state index in [0.717, 1.165) is 10.1 Å². The molecule has 5 nitrogen and oxygen atoms in total. The van der Waals surface area contributed by atoms with Crippen molar-refractivity contribution in [1.29, 1.82) is 0 Å². The molecule has 0 bridgehead atoms. The molecule has 26 heavy (non-hydrogen) atoms. The molecule has 0 aliphatic rings. The van der Waals surface area contributed by atoms with E-state index in [9.17, 15) is 14.7 Å². The van der Waals surface area contributed by atoms with Gasteiger partial charge in [-0.05, 0) is 42.9 Å². The van der Waals surface area contributed by atoms with Gasteiger partial charge in [-0.2, -0.15) is 0 Å². The molecule has 0 radical (unpaired) electrons. The fourth-order valence-electron chi connectivity index (χ4n) is 2.48. The van der Waals surface area contributed by atoms with Gasteiger partial charge in [-0.3, -0.25) is 10.1 Å². The van der Waals surface area contributed by atoms with Crippen LogP contribution in [0.2, 0.25) is 5.02 Å². The number of hydrogen-bond donors (Lipinski definition) is 3. The Kier molecular flexibility index (Phi) is 5.22. The molecule has 3 aromatic rings. The van der Waals surface area contributed by atoms with Gasteiger partial charge < -0.3 is 10.4 Å². The van der Waals surface area contributed by atoms with Gasteiger partial charge >= 0.3 is 5.97 Å². The first-order chi connectivity index (χ1) is 12.4. The summed E-state index contributed by atoms with van der Waals surface area (Å²) in [5.41, 5.74) is 1.20. The Hall–Kier alpha value is -2.48. The number of aromatic carboxylic acids is 1. The van der Waals surface area contributed by atoms with E-state index in [1.165, 1.54) is 17.4 Å². The topological polar surface area (TPSA) is 78.4 Å². The highest BCUT2D eigenvalue weighted by Gasteiger charge is 2.18. The number of carbonyl (C=O) groups is 2. The zero-order valence-corrected chi connectivity index (χ0v) is 15.9. The first-order valence-corrected chi connectivity index (χ1v) is 9.11. The monoisotopic (exact) mass is 404 g/mol. The quantitative estimate of drug-likeness (QED) is 0.552. The number of carboxylic acid groups (broad SMARTS) is 1. The number of fused-ring (bicyclic) bond motifs is 1. The van der Waals surface area contributed by atoms with Gasteiger partial charge in [-0.25, -0.2) is 4.79 Å². The van der Waals surface area contributed by atoms with Gasteiger partial charge in [0.05, 0.1) is 10.6 Å². The number of nitrogens with one attached hydrogen (secondary N) is 2. The summed E-state index contributed by atoms with van der Waals surface area (Å²) in [5, 5.41) is 15.9. The number of halogens is 1. The lowest BCUT2D eigenvalue weighted by atomic mass is 10.1. The van der Waals surface area contributed by atoms with Crippen LogP contribution in [0.15, 0.2) is 42.5 Å². The molecule has 0 aliphatic heterocycles. The lowest BCUT2D eigenvalue weighted by molar-refractivity contribution is 0.0696. The number of carbonyl (C=O) groups excluding carboxylic acids is 1. The molecular weight excluding hydrogens is 392 g/mol. The van der Waals surface area contributed by atoms with Crippen LogP contribution in [0.3, 0.4) is 0 Å². The van der Waals surface area contributed by atoms with Gasteiger partial charge in [0.2, 0.25) is 0 Å². The van der Waals surface area contributed by atoms with E-state index < -0.39 is 11.9 Å². The molecule has 132 valence electrons. The molecule has 0 saturated carbocycles. The van der Waals surface area contributed by atoms with Gasteiger partial charge in [0.25, 0.3) is 5.91 Å². The normalized spacial score (nSPS) is 10.5.